The van der Waals surface area contributed by atoms with Gasteiger partial charge in [-0.2, -0.15) is 0 Å². The van der Waals surface area contributed by atoms with E-state index in [2.05, 4.69) is 4.74 Å². The molecule has 0 amide bonds. The van der Waals surface area contributed by atoms with Crippen LogP contribution in [-0.4, -0.2) is 38.4 Å². The lowest BCUT2D eigenvalue weighted by molar-refractivity contribution is -0.139. The molecule has 0 aliphatic rings. The maximum Gasteiger partial charge on any atom is 0.346 e. The van der Waals surface area contributed by atoms with Gasteiger partial charge in [0.1, 0.15) is 11.8 Å². The number of carbonyl (C=O) groups is 2. The summed E-state index contributed by atoms with van der Waals surface area (Å²) in [6.07, 6.45) is 0.0818. The van der Waals surface area contributed by atoms with Gasteiger partial charge in [0.15, 0.2) is 17.2 Å². The summed E-state index contributed by atoms with van der Waals surface area (Å²) in [6, 6.07) is 6.56. The van der Waals surface area contributed by atoms with Crippen LogP contribution in [0.2, 0.25) is 0 Å². The van der Waals surface area contributed by atoms with Crippen LogP contribution < -0.4 is 5.73 Å². The third kappa shape index (κ3) is 3.93. The largest absolute Gasteiger partial charge is 0.508 e. The second-order valence-corrected chi connectivity index (χ2v) is 5.05. The summed E-state index contributed by atoms with van der Waals surface area (Å²) >= 11 is 0. The molecule has 0 unspecified atom stereocenters. The molecule has 0 radical (unpaired) electrons. The van der Waals surface area contributed by atoms with Gasteiger partial charge < -0.3 is 30.9 Å². The lowest BCUT2D eigenvalue weighted by Gasteiger charge is -2.11. The van der Waals surface area contributed by atoms with E-state index < -0.39 is 35.2 Å². The van der Waals surface area contributed by atoms with Crippen LogP contribution in [-0.2, 0) is 16.0 Å². The minimum Gasteiger partial charge on any atom is -0.508 e. The molecule has 0 aliphatic heterocycles. The molecule has 0 fully saturated rings. The molecule has 8 heteroatoms. The Balaban J connectivity index is 2.03. The quantitative estimate of drug-likeness (QED) is 0.312. The Hall–Kier alpha value is -3.26. The number of hydrogen-bond acceptors (Lipinski definition) is 8. The molecule has 0 bridgehead atoms. The predicted octanol–water partition coefficient (Wildman–Crippen LogP) is 0.762. The number of esters is 2. The van der Waals surface area contributed by atoms with Crippen molar-refractivity contribution in [3.05, 3.63) is 47.5 Å². The Morgan fingerprint density at radius 1 is 1.00 bits per heavy atom. The number of hydrogen-bond donors (Lipinski definition) is 5. The molecule has 2 rings (SSSR count). The zero-order chi connectivity index (χ0) is 17.9. The van der Waals surface area contributed by atoms with Crippen LogP contribution >= 0.6 is 0 Å². The number of nitrogens with two attached hydrogens (primary N) is 1. The van der Waals surface area contributed by atoms with Gasteiger partial charge in [0.25, 0.3) is 0 Å². The third-order valence-electron chi connectivity index (χ3n) is 3.19. The van der Waals surface area contributed by atoms with Gasteiger partial charge in [0, 0.05) is 0 Å². The summed E-state index contributed by atoms with van der Waals surface area (Å²) in [6.45, 7) is 0. The highest BCUT2D eigenvalue weighted by molar-refractivity contribution is 5.99. The van der Waals surface area contributed by atoms with Gasteiger partial charge in [-0.1, -0.05) is 12.1 Å². The zero-order valence-corrected chi connectivity index (χ0v) is 12.3. The second-order valence-electron chi connectivity index (χ2n) is 5.05. The van der Waals surface area contributed by atoms with E-state index in [9.17, 15) is 30.0 Å². The minimum absolute atomic E-state index is 0.0667. The number of benzene rings is 2. The molecule has 1 atom stereocenters. The highest BCUT2D eigenvalue weighted by Gasteiger charge is 2.22. The predicted molar refractivity (Wildman–Crippen MR) is 81.6 cm³/mol. The third-order valence-corrected chi connectivity index (χ3v) is 3.19. The van der Waals surface area contributed by atoms with Gasteiger partial charge >= 0.3 is 11.9 Å². The lowest BCUT2D eigenvalue weighted by Crippen LogP contribution is -2.35. The first-order valence-electron chi connectivity index (χ1n) is 6.82. The van der Waals surface area contributed by atoms with E-state index in [-0.39, 0.29) is 17.7 Å². The molecule has 2 aromatic rings. The van der Waals surface area contributed by atoms with E-state index in [4.69, 9.17) is 5.73 Å². The van der Waals surface area contributed by atoms with Crippen molar-refractivity contribution >= 4 is 11.9 Å². The molecule has 0 aromatic heterocycles. The SMILES string of the molecule is N[C@@H](Cc1ccc(O)cc1)C(=O)OC(=O)c1cc(O)c(O)c(O)c1. The highest BCUT2D eigenvalue weighted by Crippen LogP contribution is 2.35. The monoisotopic (exact) mass is 333 g/mol. The summed E-state index contributed by atoms with van der Waals surface area (Å²) in [5.41, 5.74) is 6.00. The topological polar surface area (TPSA) is 150 Å². The fourth-order valence-corrected chi connectivity index (χ4v) is 1.92. The lowest BCUT2D eigenvalue weighted by atomic mass is 10.1. The molecule has 126 valence electrons. The number of aromatic hydroxyl groups is 4. The fourth-order valence-electron chi connectivity index (χ4n) is 1.92. The van der Waals surface area contributed by atoms with E-state index >= 15 is 0 Å². The molecule has 2 aromatic carbocycles. The molecule has 24 heavy (non-hydrogen) atoms. The van der Waals surface area contributed by atoms with E-state index in [0.717, 1.165) is 12.1 Å². The second kappa shape index (κ2) is 6.88. The van der Waals surface area contributed by atoms with E-state index in [0.29, 0.717) is 5.56 Å². The Bertz CT molecular complexity index is 747. The fraction of sp³-hybridized carbons (Fsp3) is 0.125. The van der Waals surface area contributed by atoms with Gasteiger partial charge in [-0.15, -0.1) is 0 Å². The van der Waals surface area contributed by atoms with Gasteiger partial charge in [0.2, 0.25) is 0 Å². The Morgan fingerprint density at radius 3 is 2.08 bits per heavy atom. The first kappa shape index (κ1) is 17.1. The van der Waals surface area contributed by atoms with Crippen molar-refractivity contribution in [1.82, 2.24) is 0 Å². The molecule has 0 heterocycles. The molecule has 8 nitrogen and oxygen atoms in total. The van der Waals surface area contributed by atoms with Crippen LogP contribution in [0.15, 0.2) is 36.4 Å². The van der Waals surface area contributed by atoms with Gasteiger partial charge in [-0.3, -0.25) is 0 Å². The average Bonchev–Trinajstić information content (AvgIpc) is 2.54. The molecule has 0 saturated carbocycles. The Labute approximate surface area is 136 Å². The van der Waals surface area contributed by atoms with Crippen molar-refractivity contribution in [3.63, 3.8) is 0 Å². The molecular formula is C16H15NO7. The van der Waals surface area contributed by atoms with Crippen LogP contribution in [0.1, 0.15) is 15.9 Å². The van der Waals surface area contributed by atoms with Crippen LogP contribution in [0.25, 0.3) is 0 Å². The smallest absolute Gasteiger partial charge is 0.346 e. The summed E-state index contributed by atoms with van der Waals surface area (Å²) in [5, 5.41) is 37.1. The number of phenols is 4. The van der Waals surface area contributed by atoms with Crippen LogP contribution in [0, 0.1) is 0 Å². The molecule has 0 aliphatic carbocycles. The summed E-state index contributed by atoms with van der Waals surface area (Å²) < 4.78 is 4.59. The van der Waals surface area contributed by atoms with E-state index in [1.807, 2.05) is 0 Å². The van der Waals surface area contributed by atoms with Crippen molar-refractivity contribution in [1.29, 1.82) is 0 Å². The zero-order valence-electron chi connectivity index (χ0n) is 12.3. The molecule has 6 N–H and O–H groups in total. The number of phenolic OH excluding ortho intramolecular Hbond substituents is 4. The van der Waals surface area contributed by atoms with Crippen LogP contribution in [0.5, 0.6) is 23.0 Å². The molecular weight excluding hydrogens is 318 g/mol. The Morgan fingerprint density at radius 2 is 1.54 bits per heavy atom. The maximum absolute atomic E-state index is 11.8. The van der Waals surface area contributed by atoms with Crippen LogP contribution in [0.4, 0.5) is 0 Å². The number of ether oxygens (including phenoxy) is 1. The normalized spacial score (nSPS) is 11.7. The number of rotatable bonds is 4. The minimum atomic E-state index is -1.13. The standard InChI is InChI=1S/C16H15NO7/c17-11(5-8-1-3-10(18)4-2-8)16(23)24-15(22)9-6-12(19)14(21)13(20)7-9/h1-4,6-7,11,18-21H,5,17H2/t11-/m0/s1. The molecule has 0 saturated heterocycles. The summed E-state index contributed by atoms with van der Waals surface area (Å²) in [7, 11) is 0. The first-order valence-corrected chi connectivity index (χ1v) is 6.82. The van der Waals surface area contributed by atoms with Gasteiger partial charge in [0.05, 0.1) is 5.56 Å². The number of carbonyl (C=O) groups excluding carboxylic acids is 2. The van der Waals surface area contributed by atoms with E-state index in [1.165, 1.54) is 12.1 Å². The van der Waals surface area contributed by atoms with Crippen molar-refractivity contribution < 1.29 is 34.8 Å². The Kier molecular flexibility index (Phi) is 4.90. The van der Waals surface area contributed by atoms with Crippen molar-refractivity contribution in [2.45, 2.75) is 12.5 Å². The first-order chi connectivity index (χ1) is 11.3. The van der Waals surface area contributed by atoms with Crippen molar-refractivity contribution in [3.8, 4) is 23.0 Å². The van der Waals surface area contributed by atoms with Crippen molar-refractivity contribution in [2.24, 2.45) is 5.73 Å². The molecule has 0 spiro atoms. The van der Waals surface area contributed by atoms with Gasteiger partial charge in [-0.05, 0) is 36.2 Å². The average molecular weight is 333 g/mol. The summed E-state index contributed by atoms with van der Waals surface area (Å²) in [5.74, 6) is -4.32. The highest BCUT2D eigenvalue weighted by atomic mass is 16.6. The van der Waals surface area contributed by atoms with Gasteiger partial charge in [-0.25, -0.2) is 9.59 Å². The van der Waals surface area contributed by atoms with E-state index in [1.54, 1.807) is 12.1 Å². The summed E-state index contributed by atoms with van der Waals surface area (Å²) in [4.78, 5) is 23.7. The maximum atomic E-state index is 11.8. The van der Waals surface area contributed by atoms with Crippen LogP contribution in [0.3, 0.4) is 0 Å². The van der Waals surface area contributed by atoms with Crippen molar-refractivity contribution in [2.75, 3.05) is 0 Å².